The first-order valence-corrected chi connectivity index (χ1v) is 13.0. The molecule has 0 aliphatic carbocycles. The molecule has 4 atom stereocenters. The van der Waals surface area contributed by atoms with Crippen molar-refractivity contribution in [1.82, 2.24) is 19.5 Å². The van der Waals surface area contributed by atoms with Crippen LogP contribution in [-0.4, -0.2) is 89.8 Å². The number of anilines is 2. The molecule has 1 aromatic carbocycles. The van der Waals surface area contributed by atoms with Crippen molar-refractivity contribution in [2.45, 2.75) is 55.9 Å². The number of carboxylic acids is 2. The van der Waals surface area contributed by atoms with Crippen molar-refractivity contribution in [2.75, 3.05) is 23.8 Å². The fourth-order valence-electron chi connectivity index (χ4n) is 4.96. The Balaban J connectivity index is 1.33. The van der Waals surface area contributed by atoms with E-state index in [0.29, 0.717) is 24.2 Å². The number of nitrogens with two attached hydrogens (primary N) is 1. The average Bonchev–Trinajstić information content (AvgIpc) is 3.47. The van der Waals surface area contributed by atoms with Gasteiger partial charge in [0.2, 0.25) is 11.2 Å². The lowest BCUT2D eigenvalue weighted by atomic mass is 9.93. The first kappa shape index (κ1) is 28.6. The number of piperidine rings is 1. The highest BCUT2D eigenvalue weighted by atomic mass is 35.5. The minimum atomic E-state index is -2.79. The second-order valence-corrected chi connectivity index (χ2v) is 10.1. The van der Waals surface area contributed by atoms with Crippen LogP contribution in [0.2, 0.25) is 5.28 Å². The molecule has 3 aromatic rings. The molecule has 14 nitrogen and oxygen atoms in total. The van der Waals surface area contributed by atoms with Gasteiger partial charge in [-0.3, -0.25) is 9.36 Å². The van der Waals surface area contributed by atoms with Gasteiger partial charge >= 0.3 is 11.9 Å². The highest BCUT2D eigenvalue weighted by molar-refractivity contribution is 6.28. The average molecular weight is 593 g/mol. The predicted molar refractivity (Wildman–Crippen MR) is 140 cm³/mol. The second kappa shape index (κ2) is 11.2. The van der Waals surface area contributed by atoms with E-state index < -0.39 is 55.2 Å². The number of alkyl halides is 1. The highest BCUT2D eigenvalue weighted by Gasteiger charge is 2.52. The quantitative estimate of drug-likeness (QED) is 0.205. The maximum absolute atomic E-state index is 15.2. The van der Waals surface area contributed by atoms with Gasteiger partial charge in [-0.1, -0.05) is 12.1 Å². The minimum Gasteiger partial charge on any atom is -0.479 e. The van der Waals surface area contributed by atoms with Gasteiger partial charge in [-0.15, -0.1) is 0 Å². The molecule has 0 saturated carbocycles. The molecule has 1 amide bonds. The number of hydrogen-bond acceptors (Lipinski definition) is 10. The number of aliphatic hydroxyl groups is 1. The molecular formula is C25H26ClFN6O8. The van der Waals surface area contributed by atoms with Crippen LogP contribution in [0.3, 0.4) is 0 Å². The van der Waals surface area contributed by atoms with Crippen LogP contribution in [0.5, 0.6) is 0 Å². The zero-order valence-corrected chi connectivity index (χ0v) is 22.1. The number of aromatic nitrogens is 4. The van der Waals surface area contributed by atoms with Crippen molar-refractivity contribution in [1.29, 1.82) is 0 Å². The molecule has 2 fully saturated rings. The van der Waals surface area contributed by atoms with Crippen molar-refractivity contribution in [3.63, 3.8) is 0 Å². The summed E-state index contributed by atoms with van der Waals surface area (Å²) in [5.41, 5.74) is 4.06. The van der Waals surface area contributed by atoms with Gasteiger partial charge in [-0.05, 0) is 42.1 Å². The first-order valence-electron chi connectivity index (χ1n) is 12.6. The molecule has 0 unspecified atom stereocenters. The lowest BCUT2D eigenvalue weighted by Gasteiger charge is -2.28. The number of rotatable bonds is 9. The molecule has 0 spiro atoms. The standard InChI is InChI=1S/C25H26ClFN6O8/c26-24-30-19(28)17-20(31-24)33(11-29-17)21-16(27)18(35)14(41-21)10-40-25(22(36)37,23(38)39)9-12-4-6-13(7-5-12)32-8-2-1-3-15(32)34/h4-7,11,14,16,18,21,35H,1-3,8-10H2,(H,36,37)(H,38,39)(H2,28,30,31)/t14-,16+,18-,21-/m1/s1. The molecular weight excluding hydrogens is 567 g/mol. The Bertz CT molecular complexity index is 1470. The summed E-state index contributed by atoms with van der Waals surface area (Å²) in [7, 11) is 0. The maximum Gasteiger partial charge on any atom is 0.348 e. The van der Waals surface area contributed by atoms with Crippen molar-refractivity contribution < 1.29 is 43.6 Å². The van der Waals surface area contributed by atoms with E-state index in [-0.39, 0.29) is 28.2 Å². The van der Waals surface area contributed by atoms with Crippen LogP contribution in [0.1, 0.15) is 31.1 Å². The van der Waals surface area contributed by atoms with E-state index in [4.69, 9.17) is 26.8 Å². The van der Waals surface area contributed by atoms with E-state index >= 15 is 4.39 Å². The van der Waals surface area contributed by atoms with E-state index in [1.807, 2.05) is 0 Å². The number of amides is 1. The molecule has 5 N–H and O–H groups in total. The summed E-state index contributed by atoms with van der Waals surface area (Å²) in [6, 6.07) is 6.23. The number of nitrogen functional groups attached to an aromatic ring is 1. The normalized spacial score (nSPS) is 23.3. The van der Waals surface area contributed by atoms with Crippen LogP contribution in [0.25, 0.3) is 11.2 Å². The SMILES string of the molecule is Nc1nc(Cl)nc2c1ncn2[C@@H]1O[C@H](COC(Cc2ccc(N3CCCCC3=O)cc2)(C(=O)O)C(=O)O)[C@@H](O)[C@@H]1F. The van der Waals surface area contributed by atoms with Gasteiger partial charge < -0.3 is 35.4 Å². The van der Waals surface area contributed by atoms with Gasteiger partial charge in [0, 0.05) is 25.1 Å². The molecule has 16 heteroatoms. The highest BCUT2D eigenvalue weighted by Crippen LogP contribution is 2.35. The number of benzene rings is 1. The number of aliphatic carboxylic acids is 2. The Kier molecular flexibility index (Phi) is 7.78. The van der Waals surface area contributed by atoms with Crippen LogP contribution >= 0.6 is 11.6 Å². The number of aliphatic hydroxyl groups excluding tert-OH is 1. The Morgan fingerprint density at radius 3 is 2.56 bits per heavy atom. The van der Waals surface area contributed by atoms with E-state index in [9.17, 15) is 29.7 Å². The second-order valence-electron chi connectivity index (χ2n) is 9.80. The zero-order valence-electron chi connectivity index (χ0n) is 21.4. The third-order valence-corrected chi connectivity index (χ3v) is 7.37. The molecule has 0 radical (unpaired) electrons. The summed E-state index contributed by atoms with van der Waals surface area (Å²) in [6.45, 7) is -0.223. The molecule has 5 rings (SSSR count). The number of nitrogens with zero attached hydrogens (tertiary/aromatic N) is 5. The number of hydrogen-bond donors (Lipinski definition) is 4. The Morgan fingerprint density at radius 1 is 1.20 bits per heavy atom. The lowest BCUT2D eigenvalue weighted by Crippen LogP contribution is -2.52. The van der Waals surface area contributed by atoms with Crippen molar-refractivity contribution in [3.8, 4) is 0 Å². The largest absolute Gasteiger partial charge is 0.479 e. The van der Waals surface area contributed by atoms with Crippen LogP contribution < -0.4 is 10.6 Å². The summed E-state index contributed by atoms with van der Waals surface area (Å²) in [4.78, 5) is 50.1. The fraction of sp³-hybridized carbons (Fsp3) is 0.440. The number of imidazole rings is 1. The molecule has 2 aromatic heterocycles. The Hall–Kier alpha value is -3.92. The molecule has 2 aliphatic rings. The smallest absolute Gasteiger partial charge is 0.348 e. The summed E-state index contributed by atoms with van der Waals surface area (Å²) in [6.07, 6.45) is -4.14. The van der Waals surface area contributed by atoms with E-state index in [0.717, 1.165) is 17.4 Å². The van der Waals surface area contributed by atoms with Gasteiger partial charge in [-0.2, -0.15) is 9.97 Å². The predicted octanol–water partition coefficient (Wildman–Crippen LogP) is 1.34. The molecule has 218 valence electrons. The molecule has 2 saturated heterocycles. The summed E-state index contributed by atoms with van der Waals surface area (Å²) < 4.78 is 27.4. The van der Waals surface area contributed by atoms with Gasteiger partial charge in [0.1, 0.15) is 17.7 Å². The third-order valence-electron chi connectivity index (χ3n) is 7.20. The maximum atomic E-state index is 15.2. The summed E-state index contributed by atoms with van der Waals surface area (Å²) in [5.74, 6) is -3.69. The monoisotopic (exact) mass is 592 g/mol. The number of ether oxygens (including phenoxy) is 2. The zero-order chi connectivity index (χ0) is 29.5. The topological polar surface area (TPSA) is 203 Å². The first-order chi connectivity index (χ1) is 19.5. The Labute approximate surface area is 236 Å². The van der Waals surface area contributed by atoms with E-state index in [1.54, 1.807) is 17.0 Å². The fourth-order valence-corrected chi connectivity index (χ4v) is 5.14. The van der Waals surface area contributed by atoms with Gasteiger partial charge in [-0.25, -0.2) is 19.0 Å². The van der Waals surface area contributed by atoms with Crippen LogP contribution in [0, 0.1) is 0 Å². The van der Waals surface area contributed by atoms with Crippen molar-refractivity contribution in [3.05, 3.63) is 41.4 Å². The molecule has 2 aliphatic heterocycles. The number of fused-ring (bicyclic) bond motifs is 1. The molecule has 41 heavy (non-hydrogen) atoms. The van der Waals surface area contributed by atoms with Crippen LogP contribution in [0.4, 0.5) is 15.9 Å². The number of carboxylic acid groups (broad SMARTS) is 2. The van der Waals surface area contributed by atoms with Crippen LogP contribution in [0.15, 0.2) is 30.6 Å². The molecule has 4 heterocycles. The number of carbonyl (C=O) groups is 3. The van der Waals surface area contributed by atoms with E-state index in [1.165, 1.54) is 18.5 Å². The van der Waals surface area contributed by atoms with E-state index in [2.05, 4.69) is 15.0 Å². The number of halogens is 2. The van der Waals surface area contributed by atoms with Crippen LogP contribution in [-0.2, 0) is 30.3 Å². The molecule has 0 bridgehead atoms. The number of carbonyl (C=O) groups excluding carboxylic acids is 1. The summed E-state index contributed by atoms with van der Waals surface area (Å²) >= 11 is 5.86. The Morgan fingerprint density at radius 2 is 1.90 bits per heavy atom. The third kappa shape index (κ3) is 5.28. The van der Waals surface area contributed by atoms with Crippen molar-refractivity contribution >= 4 is 52.1 Å². The lowest BCUT2D eigenvalue weighted by molar-refractivity contribution is -0.190. The summed E-state index contributed by atoms with van der Waals surface area (Å²) in [5, 5.41) is 30.1. The van der Waals surface area contributed by atoms with Gasteiger partial charge in [0.05, 0.1) is 12.9 Å². The van der Waals surface area contributed by atoms with Gasteiger partial charge in [0.25, 0.3) is 5.60 Å². The van der Waals surface area contributed by atoms with Crippen molar-refractivity contribution in [2.24, 2.45) is 0 Å². The van der Waals surface area contributed by atoms with Gasteiger partial charge in [0.15, 0.2) is 23.9 Å². The minimum absolute atomic E-state index is 0.0277.